The SMILES string of the molecule is C=C(O)c1ccc([C@@H](CO)NC(=O)/C(=C/c2c(C)cc(OC)c(Cl)c2Cl)CC)c(C)c1. The molecule has 0 bridgehead atoms. The second-order valence-electron chi connectivity index (χ2n) is 7.19. The largest absolute Gasteiger partial charge is 0.508 e. The van der Waals surface area contributed by atoms with E-state index in [2.05, 4.69) is 11.9 Å². The molecule has 1 atom stereocenters. The second-order valence-corrected chi connectivity index (χ2v) is 7.94. The zero-order valence-electron chi connectivity index (χ0n) is 18.1. The van der Waals surface area contributed by atoms with Gasteiger partial charge >= 0.3 is 0 Å². The lowest BCUT2D eigenvalue weighted by Crippen LogP contribution is -2.32. The third-order valence-electron chi connectivity index (χ3n) is 5.10. The number of aryl methyl sites for hydroxylation is 2. The van der Waals surface area contributed by atoms with E-state index in [1.54, 1.807) is 30.3 Å². The van der Waals surface area contributed by atoms with Gasteiger partial charge in [-0.15, -0.1) is 0 Å². The minimum atomic E-state index is -0.612. The summed E-state index contributed by atoms with van der Waals surface area (Å²) in [6.07, 6.45) is 2.16. The highest BCUT2D eigenvalue weighted by Crippen LogP contribution is 2.38. The summed E-state index contributed by atoms with van der Waals surface area (Å²) < 4.78 is 5.23. The van der Waals surface area contributed by atoms with E-state index < -0.39 is 6.04 Å². The Bertz CT molecular complexity index is 1030. The standard InChI is InChI=1S/C24H27Cl2NO4/c1-6-16(11-19-14(3)10-21(31-5)23(26)22(19)25)24(30)27-20(12-28)18-8-7-17(15(4)29)9-13(18)2/h7-11,20,28-29H,4,6,12H2,1-3,5H3,(H,27,30)/b16-11+/t20-/m1/s1. The van der Waals surface area contributed by atoms with Gasteiger partial charge in [-0.3, -0.25) is 4.79 Å². The van der Waals surface area contributed by atoms with Crippen LogP contribution in [0.3, 0.4) is 0 Å². The maximum Gasteiger partial charge on any atom is 0.247 e. The molecule has 0 radical (unpaired) electrons. The molecule has 2 rings (SSSR count). The number of carbonyl (C=O) groups excluding carboxylic acids is 1. The summed E-state index contributed by atoms with van der Waals surface area (Å²) in [5, 5.41) is 22.9. The van der Waals surface area contributed by atoms with Crippen molar-refractivity contribution in [2.24, 2.45) is 0 Å². The van der Waals surface area contributed by atoms with Gasteiger partial charge in [0, 0.05) is 11.1 Å². The van der Waals surface area contributed by atoms with Gasteiger partial charge in [0.25, 0.3) is 0 Å². The monoisotopic (exact) mass is 463 g/mol. The van der Waals surface area contributed by atoms with Crippen LogP contribution >= 0.6 is 23.2 Å². The molecule has 5 nitrogen and oxygen atoms in total. The second kappa shape index (κ2) is 10.7. The van der Waals surface area contributed by atoms with Crippen LogP contribution in [0, 0.1) is 13.8 Å². The highest BCUT2D eigenvalue weighted by molar-refractivity contribution is 6.44. The van der Waals surface area contributed by atoms with Gasteiger partial charge in [0.2, 0.25) is 5.91 Å². The van der Waals surface area contributed by atoms with E-state index in [9.17, 15) is 15.0 Å². The van der Waals surface area contributed by atoms with Gasteiger partial charge in [-0.05, 0) is 60.7 Å². The van der Waals surface area contributed by atoms with Crippen LogP contribution in [0.1, 0.15) is 47.2 Å². The van der Waals surface area contributed by atoms with Crippen molar-refractivity contribution in [3.8, 4) is 5.75 Å². The predicted octanol–water partition coefficient (Wildman–Crippen LogP) is 5.79. The molecule has 2 aromatic carbocycles. The molecule has 0 heterocycles. The molecule has 0 saturated carbocycles. The first-order valence-corrected chi connectivity index (χ1v) is 10.5. The molecule has 1 amide bonds. The zero-order valence-corrected chi connectivity index (χ0v) is 19.6. The number of halogens is 2. The number of aliphatic hydroxyl groups excluding tert-OH is 2. The van der Waals surface area contributed by atoms with E-state index in [-0.39, 0.29) is 23.3 Å². The maximum atomic E-state index is 13.0. The van der Waals surface area contributed by atoms with Crippen molar-refractivity contribution in [2.75, 3.05) is 13.7 Å². The van der Waals surface area contributed by atoms with Crippen molar-refractivity contribution in [3.63, 3.8) is 0 Å². The molecule has 31 heavy (non-hydrogen) atoms. The van der Waals surface area contributed by atoms with Gasteiger partial charge in [0.1, 0.15) is 16.5 Å². The van der Waals surface area contributed by atoms with E-state index >= 15 is 0 Å². The maximum absolute atomic E-state index is 13.0. The minimum absolute atomic E-state index is 0.0409. The van der Waals surface area contributed by atoms with Crippen LogP contribution in [0.5, 0.6) is 5.75 Å². The molecule has 0 aromatic heterocycles. The van der Waals surface area contributed by atoms with E-state index in [4.69, 9.17) is 27.9 Å². The van der Waals surface area contributed by atoms with Crippen molar-refractivity contribution in [1.29, 1.82) is 0 Å². The number of rotatable bonds is 8. The van der Waals surface area contributed by atoms with Gasteiger partial charge in [-0.1, -0.05) is 48.8 Å². The number of ether oxygens (including phenoxy) is 1. The first-order chi connectivity index (χ1) is 14.6. The van der Waals surface area contributed by atoms with E-state index in [1.165, 1.54) is 7.11 Å². The smallest absolute Gasteiger partial charge is 0.247 e. The summed E-state index contributed by atoms with van der Waals surface area (Å²) in [4.78, 5) is 13.0. The van der Waals surface area contributed by atoms with Crippen LogP contribution in [-0.2, 0) is 4.79 Å². The lowest BCUT2D eigenvalue weighted by atomic mass is 9.98. The fraction of sp³-hybridized carbons (Fsp3) is 0.292. The molecule has 0 spiro atoms. The fourth-order valence-electron chi connectivity index (χ4n) is 3.28. The quantitative estimate of drug-likeness (QED) is 0.341. The summed E-state index contributed by atoms with van der Waals surface area (Å²) in [6.45, 7) is 8.80. The Balaban J connectivity index is 2.36. The van der Waals surface area contributed by atoms with Crippen molar-refractivity contribution in [3.05, 3.63) is 74.3 Å². The molecule has 7 heteroatoms. The molecule has 3 N–H and O–H groups in total. The lowest BCUT2D eigenvalue weighted by molar-refractivity contribution is -0.118. The molecule has 166 valence electrons. The van der Waals surface area contributed by atoms with Gasteiger partial charge in [0.15, 0.2) is 0 Å². The van der Waals surface area contributed by atoms with Crippen molar-refractivity contribution in [2.45, 2.75) is 33.2 Å². The van der Waals surface area contributed by atoms with Crippen molar-refractivity contribution in [1.82, 2.24) is 5.32 Å². The number of benzene rings is 2. The molecule has 0 fully saturated rings. The summed E-state index contributed by atoms with van der Waals surface area (Å²) in [6, 6.07) is 6.36. The summed E-state index contributed by atoms with van der Waals surface area (Å²) in [5.41, 5.74) is 4.09. The van der Waals surface area contributed by atoms with Crippen molar-refractivity contribution >= 4 is 40.9 Å². The molecular weight excluding hydrogens is 437 g/mol. The first-order valence-electron chi connectivity index (χ1n) is 9.78. The Morgan fingerprint density at radius 3 is 2.42 bits per heavy atom. The van der Waals surface area contributed by atoms with Crippen LogP contribution in [0.4, 0.5) is 0 Å². The highest BCUT2D eigenvalue weighted by atomic mass is 35.5. The number of aliphatic hydroxyl groups is 2. The van der Waals surface area contributed by atoms with Crippen LogP contribution in [0.2, 0.25) is 10.0 Å². The molecular formula is C24H27Cl2NO4. The number of hydrogen-bond acceptors (Lipinski definition) is 4. The Kier molecular flexibility index (Phi) is 8.57. The number of hydrogen-bond donors (Lipinski definition) is 3. The average molecular weight is 464 g/mol. The number of nitrogens with one attached hydrogen (secondary N) is 1. The van der Waals surface area contributed by atoms with Gasteiger partial charge in [-0.25, -0.2) is 0 Å². The van der Waals surface area contributed by atoms with Crippen LogP contribution < -0.4 is 10.1 Å². The average Bonchev–Trinajstić information content (AvgIpc) is 2.74. The van der Waals surface area contributed by atoms with E-state index in [1.807, 2.05) is 20.8 Å². The lowest BCUT2D eigenvalue weighted by Gasteiger charge is -2.20. The van der Waals surface area contributed by atoms with Gasteiger partial charge in [-0.2, -0.15) is 0 Å². The zero-order chi connectivity index (χ0) is 23.3. The predicted molar refractivity (Wildman–Crippen MR) is 127 cm³/mol. The summed E-state index contributed by atoms with van der Waals surface area (Å²) >= 11 is 12.7. The van der Waals surface area contributed by atoms with Crippen LogP contribution in [0.15, 0.2) is 36.4 Å². The Labute approximate surface area is 193 Å². The van der Waals surface area contributed by atoms with Crippen LogP contribution in [0.25, 0.3) is 11.8 Å². The number of methoxy groups -OCH3 is 1. The summed E-state index contributed by atoms with van der Waals surface area (Å²) in [7, 11) is 1.51. The molecule has 2 aromatic rings. The normalized spacial score (nSPS) is 12.4. The van der Waals surface area contributed by atoms with E-state index in [0.717, 1.165) is 16.7 Å². The number of amides is 1. The highest BCUT2D eigenvalue weighted by Gasteiger charge is 2.20. The third kappa shape index (κ3) is 5.62. The fourth-order valence-corrected chi connectivity index (χ4v) is 3.81. The van der Waals surface area contributed by atoms with Crippen LogP contribution in [-0.4, -0.2) is 29.8 Å². The van der Waals surface area contributed by atoms with E-state index in [0.29, 0.717) is 33.9 Å². The Morgan fingerprint density at radius 1 is 1.23 bits per heavy atom. The first kappa shape index (κ1) is 24.8. The Morgan fingerprint density at radius 2 is 1.90 bits per heavy atom. The van der Waals surface area contributed by atoms with Gasteiger partial charge in [0.05, 0.1) is 24.8 Å². The molecule has 0 unspecified atom stereocenters. The Hall–Kier alpha value is -2.47. The topological polar surface area (TPSA) is 78.8 Å². The molecule has 0 aliphatic rings. The molecule has 0 aliphatic heterocycles. The molecule has 0 aliphatic carbocycles. The van der Waals surface area contributed by atoms with Gasteiger partial charge < -0.3 is 20.3 Å². The summed E-state index contributed by atoms with van der Waals surface area (Å²) in [5.74, 6) is 0.105. The molecule has 0 saturated heterocycles. The van der Waals surface area contributed by atoms with Crippen molar-refractivity contribution < 1.29 is 19.7 Å². The third-order valence-corrected chi connectivity index (χ3v) is 5.96. The number of carbonyl (C=O) groups is 1. The minimum Gasteiger partial charge on any atom is -0.508 e.